The fraction of sp³-hybridized carbons (Fsp3) is 0.348. The normalized spacial score (nSPS) is 27.1. The van der Waals surface area contributed by atoms with Crippen molar-refractivity contribution in [1.82, 2.24) is 24.9 Å². The molecule has 2 aliphatic heterocycles. The summed E-state index contributed by atoms with van der Waals surface area (Å²) in [5.41, 5.74) is 1.31. The zero-order chi connectivity index (χ0) is 22.6. The lowest BCUT2D eigenvalue weighted by atomic mass is 9.85. The summed E-state index contributed by atoms with van der Waals surface area (Å²) in [6.45, 7) is 2.12. The van der Waals surface area contributed by atoms with Gasteiger partial charge in [0.15, 0.2) is 11.6 Å². The van der Waals surface area contributed by atoms with Crippen molar-refractivity contribution in [2.75, 3.05) is 19.0 Å². The van der Waals surface area contributed by atoms with Gasteiger partial charge in [0, 0.05) is 24.2 Å². The van der Waals surface area contributed by atoms with Gasteiger partial charge in [-0.1, -0.05) is 12.2 Å². The molecule has 2 bridgehead atoms. The summed E-state index contributed by atoms with van der Waals surface area (Å²) in [5, 5.41) is 22.9. The van der Waals surface area contributed by atoms with Crippen LogP contribution in [0, 0.1) is 5.82 Å². The van der Waals surface area contributed by atoms with Crippen LogP contribution in [0.2, 0.25) is 0 Å². The molecule has 1 aromatic carbocycles. The summed E-state index contributed by atoms with van der Waals surface area (Å²) in [7, 11) is 3.80. The lowest BCUT2D eigenvalue weighted by Crippen LogP contribution is -2.61. The number of benzene rings is 1. The second kappa shape index (κ2) is 7.37. The average molecular weight is 438 g/mol. The molecule has 1 fully saturated rings. The van der Waals surface area contributed by atoms with Crippen LogP contribution in [0.3, 0.4) is 0 Å². The predicted molar refractivity (Wildman–Crippen MR) is 117 cm³/mol. The molecule has 1 saturated heterocycles. The van der Waals surface area contributed by atoms with Crippen molar-refractivity contribution in [2.24, 2.45) is 0 Å². The Balaban J connectivity index is 1.36. The van der Waals surface area contributed by atoms with E-state index in [1.54, 1.807) is 24.3 Å². The van der Waals surface area contributed by atoms with Gasteiger partial charge in [-0.05, 0) is 44.7 Å². The first-order valence-corrected chi connectivity index (χ1v) is 10.4. The molecule has 4 atom stereocenters. The number of halogens is 2. The standard InChI is InChI=1S/C23H24F2N6O/c1-23-9-8-18(30(23)3)22(25)19(11-23)29(2)21-7-6-17(27-28-21)16-5-4-15(10-20(16)32)31-13-14(24)12-26-31/h4-10,12-13,18-19,22,32H,11H2,1-3H3/t18?,19-,22+,23-/m0/s1. The number of hydrogen-bond acceptors (Lipinski definition) is 6. The van der Waals surface area contributed by atoms with Gasteiger partial charge in [0.25, 0.3) is 0 Å². The van der Waals surface area contributed by atoms with Gasteiger partial charge in [-0.3, -0.25) is 4.90 Å². The van der Waals surface area contributed by atoms with Crippen LogP contribution in [0.15, 0.2) is 54.9 Å². The number of aromatic hydroxyl groups is 1. The molecule has 0 saturated carbocycles. The van der Waals surface area contributed by atoms with Crippen LogP contribution in [-0.4, -0.2) is 67.9 Å². The molecule has 2 aromatic heterocycles. The SMILES string of the molecule is CN(c1ccc(-c2ccc(-n3cc(F)cn3)cc2O)nn1)[C@H]1C[C@]2(C)C=CC([C@H]1F)N2C. The third-order valence-electron chi connectivity index (χ3n) is 6.80. The van der Waals surface area contributed by atoms with Crippen LogP contribution in [0.25, 0.3) is 16.9 Å². The Bertz CT molecular complexity index is 1180. The number of likely N-dealkylation sites (N-methyl/N-ethyl adjacent to an activating group) is 1. The number of phenolic OH excluding ortho intramolecular Hbond substituents is 1. The van der Waals surface area contributed by atoms with E-state index in [1.807, 2.05) is 25.1 Å². The largest absolute Gasteiger partial charge is 0.507 e. The number of hydrogen-bond donors (Lipinski definition) is 1. The van der Waals surface area contributed by atoms with Gasteiger partial charge < -0.3 is 10.0 Å². The van der Waals surface area contributed by atoms with Crippen LogP contribution >= 0.6 is 0 Å². The molecule has 0 spiro atoms. The van der Waals surface area contributed by atoms with Gasteiger partial charge in [-0.25, -0.2) is 13.5 Å². The Morgan fingerprint density at radius 3 is 2.69 bits per heavy atom. The molecular weight excluding hydrogens is 414 g/mol. The van der Waals surface area contributed by atoms with E-state index in [1.165, 1.54) is 16.9 Å². The fourth-order valence-corrected chi connectivity index (χ4v) is 4.69. The van der Waals surface area contributed by atoms with Crippen molar-refractivity contribution in [1.29, 1.82) is 0 Å². The van der Waals surface area contributed by atoms with E-state index in [4.69, 9.17) is 0 Å². The third kappa shape index (κ3) is 3.24. The van der Waals surface area contributed by atoms with Gasteiger partial charge >= 0.3 is 0 Å². The molecule has 32 heavy (non-hydrogen) atoms. The van der Waals surface area contributed by atoms with Crippen LogP contribution in [0.1, 0.15) is 13.3 Å². The maximum absolute atomic E-state index is 15.2. The van der Waals surface area contributed by atoms with Crippen molar-refractivity contribution in [3.8, 4) is 22.7 Å². The number of nitrogens with zero attached hydrogens (tertiary/aromatic N) is 6. The Kier molecular flexibility index (Phi) is 4.74. The van der Waals surface area contributed by atoms with Crippen LogP contribution in [0.5, 0.6) is 5.75 Å². The van der Waals surface area contributed by atoms with E-state index in [9.17, 15) is 9.50 Å². The highest BCUT2D eigenvalue weighted by molar-refractivity contribution is 5.69. The first kappa shape index (κ1) is 20.6. The Morgan fingerprint density at radius 2 is 2.03 bits per heavy atom. The molecule has 7 nitrogen and oxygen atoms in total. The molecule has 0 radical (unpaired) electrons. The van der Waals surface area contributed by atoms with Crippen LogP contribution in [0.4, 0.5) is 14.6 Å². The van der Waals surface area contributed by atoms with Crippen molar-refractivity contribution >= 4 is 5.82 Å². The highest BCUT2D eigenvalue weighted by Gasteiger charge is 2.50. The maximum Gasteiger partial charge on any atom is 0.161 e. The summed E-state index contributed by atoms with van der Waals surface area (Å²) in [4.78, 5) is 3.93. The second-order valence-corrected chi connectivity index (χ2v) is 8.73. The molecule has 166 valence electrons. The zero-order valence-corrected chi connectivity index (χ0v) is 18.0. The minimum atomic E-state index is -1.04. The smallest absolute Gasteiger partial charge is 0.161 e. The van der Waals surface area contributed by atoms with Crippen LogP contribution < -0.4 is 4.90 Å². The van der Waals surface area contributed by atoms with E-state index < -0.39 is 12.0 Å². The number of aromatic nitrogens is 4. The fourth-order valence-electron chi connectivity index (χ4n) is 4.69. The van der Waals surface area contributed by atoms with E-state index in [0.29, 0.717) is 29.2 Å². The van der Waals surface area contributed by atoms with Crippen molar-refractivity contribution < 1.29 is 13.9 Å². The van der Waals surface area contributed by atoms with Crippen molar-refractivity contribution in [3.63, 3.8) is 0 Å². The quantitative estimate of drug-likeness (QED) is 0.630. The number of fused-ring (bicyclic) bond motifs is 2. The van der Waals surface area contributed by atoms with Crippen molar-refractivity contribution in [3.05, 3.63) is 60.7 Å². The molecule has 0 aliphatic carbocycles. The highest BCUT2D eigenvalue weighted by Crippen LogP contribution is 2.41. The first-order chi connectivity index (χ1) is 15.3. The number of alkyl halides is 1. The van der Waals surface area contributed by atoms with E-state index in [2.05, 4.69) is 33.2 Å². The van der Waals surface area contributed by atoms with E-state index in [0.717, 1.165) is 6.20 Å². The van der Waals surface area contributed by atoms with Gasteiger partial charge in [0.05, 0.1) is 35.9 Å². The van der Waals surface area contributed by atoms with E-state index in [-0.39, 0.29) is 23.4 Å². The van der Waals surface area contributed by atoms with Gasteiger partial charge in [-0.15, -0.1) is 10.2 Å². The molecule has 5 rings (SSSR count). The average Bonchev–Trinajstić information content (AvgIpc) is 3.30. The van der Waals surface area contributed by atoms with Gasteiger partial charge in [0.2, 0.25) is 0 Å². The lowest BCUT2D eigenvalue weighted by molar-refractivity contribution is 0.0354. The molecule has 2 aliphatic rings. The summed E-state index contributed by atoms with van der Waals surface area (Å²) in [6, 6.07) is 7.83. The summed E-state index contributed by atoms with van der Waals surface area (Å²) < 4.78 is 29.8. The summed E-state index contributed by atoms with van der Waals surface area (Å²) >= 11 is 0. The minimum absolute atomic E-state index is 0.0245. The molecule has 4 heterocycles. The lowest BCUT2D eigenvalue weighted by Gasteiger charge is -2.48. The Hall–Kier alpha value is -3.33. The molecule has 3 aromatic rings. The number of rotatable bonds is 4. The first-order valence-electron chi connectivity index (χ1n) is 10.4. The van der Waals surface area contributed by atoms with Gasteiger partial charge in [0.1, 0.15) is 11.9 Å². The third-order valence-corrected chi connectivity index (χ3v) is 6.80. The molecule has 9 heteroatoms. The Morgan fingerprint density at radius 1 is 1.22 bits per heavy atom. The summed E-state index contributed by atoms with van der Waals surface area (Å²) in [5.74, 6) is 0.0812. The van der Waals surface area contributed by atoms with E-state index >= 15 is 4.39 Å². The van der Waals surface area contributed by atoms with Gasteiger partial charge in [-0.2, -0.15) is 5.10 Å². The molecule has 1 N–H and O–H groups in total. The topological polar surface area (TPSA) is 70.3 Å². The molecule has 1 unspecified atom stereocenters. The summed E-state index contributed by atoms with van der Waals surface area (Å²) in [6.07, 6.45) is 5.98. The predicted octanol–water partition coefficient (Wildman–Crippen LogP) is 3.35. The monoisotopic (exact) mass is 438 g/mol. The van der Waals surface area contributed by atoms with Crippen LogP contribution in [-0.2, 0) is 0 Å². The second-order valence-electron chi connectivity index (χ2n) is 8.73. The highest BCUT2D eigenvalue weighted by atomic mass is 19.1. The Labute approximate surface area is 184 Å². The molecular formula is C23H24F2N6O. The number of phenols is 1. The zero-order valence-electron chi connectivity index (χ0n) is 18.0. The minimum Gasteiger partial charge on any atom is -0.507 e. The molecule has 0 amide bonds. The maximum atomic E-state index is 15.2. The number of anilines is 1. The van der Waals surface area contributed by atoms with Crippen molar-refractivity contribution in [2.45, 2.75) is 37.1 Å². The number of piperidine rings is 1.